The van der Waals surface area contributed by atoms with Crippen LogP contribution >= 0.6 is 0 Å². The summed E-state index contributed by atoms with van der Waals surface area (Å²) in [5.41, 5.74) is 6.94. The minimum Gasteiger partial charge on any atom is -0.494 e. The molecule has 1 saturated heterocycles. The molecule has 0 saturated carbocycles. The molecule has 2 unspecified atom stereocenters. The molecular weight excluding hydrogens is 256 g/mol. The highest BCUT2D eigenvalue weighted by Gasteiger charge is 2.28. The topological polar surface area (TPSA) is 64.8 Å². The minimum absolute atomic E-state index is 0.0269. The first kappa shape index (κ1) is 14.7. The number of carbonyl (C=O) groups is 1. The molecular formula is C15H22N2O3. The van der Waals surface area contributed by atoms with Gasteiger partial charge >= 0.3 is 0 Å². The van der Waals surface area contributed by atoms with Crippen LogP contribution in [0, 0.1) is 0 Å². The van der Waals surface area contributed by atoms with Gasteiger partial charge in [0, 0.05) is 23.9 Å². The Morgan fingerprint density at radius 3 is 2.90 bits per heavy atom. The van der Waals surface area contributed by atoms with E-state index < -0.39 is 0 Å². The number of morpholine rings is 1. The monoisotopic (exact) mass is 278 g/mol. The number of hydrogen-bond donors (Lipinski definition) is 1. The number of nitrogen functional groups attached to an aromatic ring is 1. The lowest BCUT2D eigenvalue weighted by Gasteiger charge is -2.36. The zero-order valence-electron chi connectivity index (χ0n) is 12.3. The molecule has 20 heavy (non-hydrogen) atoms. The van der Waals surface area contributed by atoms with Crippen molar-refractivity contribution in [3.05, 3.63) is 23.8 Å². The van der Waals surface area contributed by atoms with Crippen LogP contribution in [0.1, 0.15) is 31.1 Å². The Labute approximate surface area is 119 Å². The number of nitrogens with zero attached hydrogens (tertiary/aromatic N) is 1. The maximum atomic E-state index is 12.6. The van der Waals surface area contributed by atoms with Gasteiger partial charge in [0.2, 0.25) is 0 Å². The summed E-state index contributed by atoms with van der Waals surface area (Å²) < 4.78 is 11.0. The summed E-state index contributed by atoms with van der Waals surface area (Å²) in [5.74, 6) is 0.603. The molecule has 1 aromatic rings. The van der Waals surface area contributed by atoms with Crippen molar-refractivity contribution in [2.24, 2.45) is 0 Å². The molecule has 2 atom stereocenters. The number of benzene rings is 1. The van der Waals surface area contributed by atoms with Crippen LogP contribution in [0.5, 0.6) is 5.75 Å². The molecule has 1 heterocycles. The lowest BCUT2D eigenvalue weighted by atomic mass is 10.1. The largest absolute Gasteiger partial charge is 0.494 e. The van der Waals surface area contributed by atoms with Gasteiger partial charge in [0.25, 0.3) is 5.91 Å². The van der Waals surface area contributed by atoms with Crippen molar-refractivity contribution in [2.45, 2.75) is 32.9 Å². The third-order valence-electron chi connectivity index (χ3n) is 3.36. The zero-order valence-corrected chi connectivity index (χ0v) is 12.3. The molecule has 1 amide bonds. The summed E-state index contributed by atoms with van der Waals surface area (Å²) in [5, 5.41) is 0. The minimum atomic E-state index is -0.0269. The zero-order chi connectivity index (χ0) is 14.7. The normalized spacial score (nSPS) is 22.6. The second-order valence-corrected chi connectivity index (χ2v) is 5.17. The first-order valence-corrected chi connectivity index (χ1v) is 6.97. The number of nitrogens with two attached hydrogens (primary N) is 1. The fourth-order valence-corrected chi connectivity index (χ4v) is 2.35. The Morgan fingerprint density at radius 1 is 1.45 bits per heavy atom. The molecule has 0 aliphatic carbocycles. The van der Waals surface area contributed by atoms with Gasteiger partial charge < -0.3 is 20.1 Å². The third kappa shape index (κ3) is 3.22. The number of carbonyl (C=O) groups excluding carboxylic acids is 1. The number of amides is 1. The van der Waals surface area contributed by atoms with Crippen LogP contribution in [-0.2, 0) is 4.74 Å². The van der Waals surface area contributed by atoms with E-state index in [0.29, 0.717) is 36.8 Å². The van der Waals surface area contributed by atoms with Crippen molar-refractivity contribution in [3.63, 3.8) is 0 Å². The van der Waals surface area contributed by atoms with Crippen molar-refractivity contribution in [3.8, 4) is 5.75 Å². The molecule has 0 aromatic heterocycles. The average molecular weight is 278 g/mol. The first-order valence-electron chi connectivity index (χ1n) is 6.97. The van der Waals surface area contributed by atoms with Gasteiger partial charge in [-0.3, -0.25) is 4.79 Å². The molecule has 0 spiro atoms. The van der Waals surface area contributed by atoms with Gasteiger partial charge in [0.15, 0.2) is 0 Å². The van der Waals surface area contributed by atoms with E-state index in [1.54, 1.807) is 18.2 Å². The Hall–Kier alpha value is -1.75. The van der Waals surface area contributed by atoms with Crippen LogP contribution in [-0.4, -0.2) is 42.7 Å². The predicted molar refractivity (Wildman–Crippen MR) is 77.9 cm³/mol. The summed E-state index contributed by atoms with van der Waals surface area (Å²) >= 11 is 0. The van der Waals surface area contributed by atoms with Gasteiger partial charge in [-0.25, -0.2) is 0 Å². The van der Waals surface area contributed by atoms with Crippen molar-refractivity contribution in [1.29, 1.82) is 0 Å². The quantitative estimate of drug-likeness (QED) is 0.858. The fraction of sp³-hybridized carbons (Fsp3) is 0.533. The predicted octanol–water partition coefficient (Wildman–Crippen LogP) is 1.92. The average Bonchev–Trinajstić information content (AvgIpc) is 2.40. The molecule has 1 fully saturated rings. The van der Waals surface area contributed by atoms with E-state index in [4.69, 9.17) is 15.2 Å². The van der Waals surface area contributed by atoms with Gasteiger partial charge in [-0.15, -0.1) is 0 Å². The molecule has 0 bridgehead atoms. The van der Waals surface area contributed by atoms with Crippen LogP contribution in [0.3, 0.4) is 0 Å². The SMILES string of the molecule is CCOc1cc(N)cc(C(=O)N2CC(C)OCC2C)c1. The molecule has 1 aliphatic heterocycles. The molecule has 5 heteroatoms. The number of rotatable bonds is 3. The summed E-state index contributed by atoms with van der Waals surface area (Å²) in [6.45, 7) is 7.56. The summed E-state index contributed by atoms with van der Waals surface area (Å²) in [7, 11) is 0. The molecule has 5 nitrogen and oxygen atoms in total. The van der Waals surface area contributed by atoms with Crippen molar-refractivity contribution >= 4 is 11.6 Å². The summed E-state index contributed by atoms with van der Waals surface area (Å²) in [6.07, 6.45) is 0.0579. The maximum absolute atomic E-state index is 12.6. The van der Waals surface area contributed by atoms with E-state index in [0.717, 1.165) is 0 Å². The summed E-state index contributed by atoms with van der Waals surface area (Å²) in [6, 6.07) is 5.23. The number of anilines is 1. The van der Waals surface area contributed by atoms with E-state index in [-0.39, 0.29) is 18.1 Å². The highest BCUT2D eigenvalue weighted by molar-refractivity contribution is 5.95. The second-order valence-electron chi connectivity index (χ2n) is 5.17. The Bertz CT molecular complexity index is 490. The van der Waals surface area contributed by atoms with Crippen LogP contribution in [0.4, 0.5) is 5.69 Å². The van der Waals surface area contributed by atoms with Crippen LogP contribution in [0.25, 0.3) is 0 Å². The highest BCUT2D eigenvalue weighted by Crippen LogP contribution is 2.22. The van der Waals surface area contributed by atoms with E-state index >= 15 is 0 Å². The van der Waals surface area contributed by atoms with E-state index in [9.17, 15) is 4.79 Å². The molecule has 2 N–H and O–H groups in total. The van der Waals surface area contributed by atoms with E-state index in [1.807, 2.05) is 25.7 Å². The van der Waals surface area contributed by atoms with Crippen molar-refractivity contribution in [2.75, 3.05) is 25.5 Å². The lowest BCUT2D eigenvalue weighted by Crippen LogP contribution is -2.50. The standard InChI is InChI=1S/C15H22N2O3/c1-4-19-14-6-12(5-13(16)7-14)15(18)17-8-11(3)20-9-10(17)2/h5-7,10-11H,4,8-9,16H2,1-3H3. The maximum Gasteiger partial charge on any atom is 0.254 e. The molecule has 1 aromatic carbocycles. The van der Waals surface area contributed by atoms with E-state index in [2.05, 4.69) is 0 Å². The Kier molecular flexibility index (Phi) is 4.49. The molecule has 0 radical (unpaired) electrons. The van der Waals surface area contributed by atoms with Crippen LogP contribution in [0.15, 0.2) is 18.2 Å². The molecule has 1 aliphatic rings. The Morgan fingerprint density at radius 2 is 2.20 bits per heavy atom. The highest BCUT2D eigenvalue weighted by atomic mass is 16.5. The third-order valence-corrected chi connectivity index (χ3v) is 3.36. The second kappa shape index (κ2) is 6.13. The van der Waals surface area contributed by atoms with E-state index in [1.165, 1.54) is 0 Å². The van der Waals surface area contributed by atoms with Gasteiger partial charge in [-0.1, -0.05) is 0 Å². The fourth-order valence-electron chi connectivity index (χ4n) is 2.35. The van der Waals surface area contributed by atoms with Gasteiger partial charge in [0.05, 0.1) is 25.4 Å². The first-order chi connectivity index (χ1) is 9.51. The van der Waals surface area contributed by atoms with Crippen LogP contribution < -0.4 is 10.5 Å². The molecule has 2 rings (SSSR count). The summed E-state index contributed by atoms with van der Waals surface area (Å²) in [4.78, 5) is 14.5. The lowest BCUT2D eigenvalue weighted by molar-refractivity contribution is -0.0387. The van der Waals surface area contributed by atoms with Gasteiger partial charge in [-0.05, 0) is 32.9 Å². The number of hydrogen-bond acceptors (Lipinski definition) is 4. The van der Waals surface area contributed by atoms with Gasteiger partial charge in [0.1, 0.15) is 5.75 Å². The van der Waals surface area contributed by atoms with Crippen molar-refractivity contribution < 1.29 is 14.3 Å². The number of ether oxygens (including phenoxy) is 2. The van der Waals surface area contributed by atoms with Crippen molar-refractivity contribution in [1.82, 2.24) is 4.90 Å². The van der Waals surface area contributed by atoms with Crippen LogP contribution in [0.2, 0.25) is 0 Å². The van der Waals surface area contributed by atoms with Gasteiger partial charge in [-0.2, -0.15) is 0 Å². The molecule has 110 valence electrons. The Balaban J connectivity index is 2.23. The smallest absolute Gasteiger partial charge is 0.254 e.